The molecule has 2 aromatic heterocycles. The smallest absolute Gasteiger partial charge is 0.153 e. The number of aromatic hydroxyl groups is 1. The average molecular weight is 287 g/mol. The first-order valence-electron chi connectivity index (χ1n) is 6.14. The van der Waals surface area contributed by atoms with Crippen molar-refractivity contribution in [3.8, 4) is 17.1 Å². The lowest BCUT2D eigenvalue weighted by molar-refractivity contribution is 0.475. The van der Waals surface area contributed by atoms with E-state index in [0.717, 1.165) is 22.0 Å². The van der Waals surface area contributed by atoms with Crippen LogP contribution in [0.5, 0.6) is 5.75 Å². The molecule has 20 heavy (non-hydrogen) atoms. The molecule has 7 heteroatoms. The van der Waals surface area contributed by atoms with Gasteiger partial charge in [-0.3, -0.25) is 0 Å². The van der Waals surface area contributed by atoms with Crippen LogP contribution in [0.15, 0.2) is 48.1 Å². The van der Waals surface area contributed by atoms with Gasteiger partial charge in [-0.2, -0.15) is 10.2 Å². The maximum atomic E-state index is 9.47. The fraction of sp³-hybridized carbons (Fsp3) is 0.154. The lowest BCUT2D eigenvalue weighted by atomic mass is 10.3. The van der Waals surface area contributed by atoms with Crippen LogP contribution in [-0.2, 0) is 0 Å². The number of rotatable bonds is 4. The molecule has 0 unspecified atom stereocenters. The minimum Gasteiger partial charge on any atom is -0.505 e. The number of aromatic nitrogens is 5. The topological polar surface area (TPSA) is 68.8 Å². The first kappa shape index (κ1) is 12.7. The van der Waals surface area contributed by atoms with Crippen LogP contribution in [0, 0.1) is 0 Å². The number of benzene rings is 1. The highest BCUT2D eigenvalue weighted by atomic mass is 32.2. The van der Waals surface area contributed by atoms with Crippen molar-refractivity contribution in [2.75, 3.05) is 5.75 Å². The molecule has 0 saturated carbocycles. The highest BCUT2D eigenvalue weighted by Gasteiger charge is 2.09. The summed E-state index contributed by atoms with van der Waals surface area (Å²) in [5.41, 5.74) is 1.80. The van der Waals surface area contributed by atoms with E-state index >= 15 is 0 Å². The Labute approximate surface area is 120 Å². The van der Waals surface area contributed by atoms with Gasteiger partial charge in [0.15, 0.2) is 5.75 Å². The van der Waals surface area contributed by atoms with Gasteiger partial charge < -0.3 is 5.11 Å². The Morgan fingerprint density at radius 3 is 2.80 bits per heavy atom. The summed E-state index contributed by atoms with van der Waals surface area (Å²) >= 11 is 1.72. The van der Waals surface area contributed by atoms with Gasteiger partial charge in [-0.05, 0) is 24.0 Å². The second kappa shape index (κ2) is 5.38. The Kier molecular flexibility index (Phi) is 3.42. The van der Waals surface area contributed by atoms with Crippen LogP contribution >= 0.6 is 11.8 Å². The second-order valence-electron chi connectivity index (χ2n) is 4.07. The molecule has 0 aliphatic rings. The van der Waals surface area contributed by atoms with Gasteiger partial charge in [0.1, 0.15) is 12.7 Å². The summed E-state index contributed by atoms with van der Waals surface area (Å²) in [5, 5.41) is 17.8. The van der Waals surface area contributed by atoms with E-state index in [1.165, 1.54) is 12.5 Å². The molecular weight excluding hydrogens is 274 g/mol. The fourth-order valence-corrected chi connectivity index (χ4v) is 2.67. The van der Waals surface area contributed by atoms with Gasteiger partial charge in [0.05, 0.1) is 23.8 Å². The van der Waals surface area contributed by atoms with E-state index in [1.807, 2.05) is 18.2 Å². The van der Waals surface area contributed by atoms with E-state index in [1.54, 1.807) is 33.6 Å². The summed E-state index contributed by atoms with van der Waals surface area (Å²) in [4.78, 5) is 5.04. The largest absolute Gasteiger partial charge is 0.505 e. The molecule has 0 fully saturated rings. The van der Waals surface area contributed by atoms with E-state index < -0.39 is 0 Å². The molecule has 3 rings (SSSR count). The molecule has 0 saturated heterocycles. The van der Waals surface area contributed by atoms with Gasteiger partial charge in [-0.25, -0.2) is 14.3 Å². The van der Waals surface area contributed by atoms with Crippen molar-refractivity contribution in [2.45, 2.75) is 11.8 Å². The molecule has 0 spiro atoms. The van der Waals surface area contributed by atoms with Crippen LogP contribution in [0.3, 0.4) is 0 Å². The van der Waals surface area contributed by atoms with Crippen molar-refractivity contribution in [1.82, 2.24) is 24.5 Å². The molecule has 1 N–H and O–H groups in total. The molecule has 3 aromatic rings. The van der Waals surface area contributed by atoms with Gasteiger partial charge in [0.25, 0.3) is 0 Å². The SMILES string of the molecule is CCSc1ccc(-n2cncn2)cc1-n1cc(O)cn1. The van der Waals surface area contributed by atoms with E-state index in [4.69, 9.17) is 0 Å². The number of hydrogen-bond donors (Lipinski definition) is 1. The fourth-order valence-electron chi connectivity index (χ4n) is 1.89. The van der Waals surface area contributed by atoms with Gasteiger partial charge in [0.2, 0.25) is 0 Å². The van der Waals surface area contributed by atoms with Crippen LogP contribution < -0.4 is 0 Å². The zero-order chi connectivity index (χ0) is 13.9. The summed E-state index contributed by atoms with van der Waals surface area (Å²) in [6.07, 6.45) is 6.14. The third kappa shape index (κ3) is 2.39. The lowest BCUT2D eigenvalue weighted by Gasteiger charge is -2.10. The Morgan fingerprint density at radius 2 is 2.15 bits per heavy atom. The first-order chi connectivity index (χ1) is 9.78. The molecular formula is C13H13N5OS. The minimum absolute atomic E-state index is 0.142. The molecule has 1 aromatic carbocycles. The van der Waals surface area contributed by atoms with Crippen LogP contribution in [0.25, 0.3) is 11.4 Å². The maximum Gasteiger partial charge on any atom is 0.153 e. The monoisotopic (exact) mass is 287 g/mol. The molecule has 0 amide bonds. The van der Waals surface area contributed by atoms with Crippen molar-refractivity contribution in [3.63, 3.8) is 0 Å². The minimum atomic E-state index is 0.142. The van der Waals surface area contributed by atoms with E-state index in [-0.39, 0.29) is 5.75 Å². The summed E-state index contributed by atoms with van der Waals surface area (Å²) < 4.78 is 3.35. The highest BCUT2D eigenvalue weighted by Crippen LogP contribution is 2.28. The molecule has 0 atom stereocenters. The third-order valence-electron chi connectivity index (χ3n) is 2.74. The quantitative estimate of drug-likeness (QED) is 0.745. The Balaban J connectivity index is 2.10. The van der Waals surface area contributed by atoms with Crippen molar-refractivity contribution in [3.05, 3.63) is 43.2 Å². The normalized spacial score (nSPS) is 10.8. The van der Waals surface area contributed by atoms with Crippen LogP contribution in [0.1, 0.15) is 6.92 Å². The molecule has 6 nitrogen and oxygen atoms in total. The van der Waals surface area contributed by atoms with Crippen LogP contribution in [0.2, 0.25) is 0 Å². The molecule has 0 bridgehead atoms. The molecule has 0 aliphatic heterocycles. The predicted molar refractivity (Wildman–Crippen MR) is 76.5 cm³/mol. The number of hydrogen-bond acceptors (Lipinski definition) is 5. The Bertz CT molecular complexity index is 707. The standard InChI is InChI=1S/C13H13N5OS/c1-2-20-13-4-3-10(18-9-14-8-16-18)5-12(13)17-7-11(19)6-15-17/h3-9,19H,2H2,1H3. The second-order valence-corrected chi connectivity index (χ2v) is 5.37. The zero-order valence-corrected chi connectivity index (χ0v) is 11.7. The van der Waals surface area contributed by atoms with Crippen LogP contribution in [-0.4, -0.2) is 35.4 Å². The third-order valence-corrected chi connectivity index (χ3v) is 3.69. The number of thioether (sulfide) groups is 1. The first-order valence-corrected chi connectivity index (χ1v) is 7.12. The lowest BCUT2D eigenvalue weighted by Crippen LogP contribution is -2.01. The average Bonchev–Trinajstić information content (AvgIpc) is 3.11. The molecule has 0 aliphatic carbocycles. The van der Waals surface area contributed by atoms with Gasteiger partial charge in [-0.15, -0.1) is 11.8 Å². The summed E-state index contributed by atoms with van der Waals surface area (Å²) in [5.74, 6) is 1.10. The summed E-state index contributed by atoms with van der Waals surface area (Å²) in [6, 6.07) is 5.98. The van der Waals surface area contributed by atoms with Crippen molar-refractivity contribution in [1.29, 1.82) is 0 Å². The van der Waals surface area contributed by atoms with E-state index in [9.17, 15) is 5.11 Å². The predicted octanol–water partition coefficient (Wildman–Crippen LogP) is 2.27. The van der Waals surface area contributed by atoms with E-state index in [0.29, 0.717) is 0 Å². The Morgan fingerprint density at radius 1 is 1.25 bits per heavy atom. The highest BCUT2D eigenvalue weighted by molar-refractivity contribution is 7.99. The zero-order valence-electron chi connectivity index (χ0n) is 10.8. The van der Waals surface area contributed by atoms with Gasteiger partial charge in [0, 0.05) is 4.90 Å². The summed E-state index contributed by atoms with van der Waals surface area (Å²) in [6.45, 7) is 2.10. The van der Waals surface area contributed by atoms with Crippen molar-refractivity contribution >= 4 is 11.8 Å². The van der Waals surface area contributed by atoms with Gasteiger partial charge in [-0.1, -0.05) is 6.92 Å². The summed E-state index contributed by atoms with van der Waals surface area (Å²) in [7, 11) is 0. The van der Waals surface area contributed by atoms with Gasteiger partial charge >= 0.3 is 0 Å². The van der Waals surface area contributed by atoms with Crippen LogP contribution in [0.4, 0.5) is 0 Å². The molecule has 0 radical (unpaired) electrons. The van der Waals surface area contributed by atoms with Crippen molar-refractivity contribution in [2.24, 2.45) is 0 Å². The molecule has 102 valence electrons. The van der Waals surface area contributed by atoms with Crippen molar-refractivity contribution < 1.29 is 5.11 Å². The van der Waals surface area contributed by atoms with E-state index in [2.05, 4.69) is 22.1 Å². The number of nitrogens with zero attached hydrogens (tertiary/aromatic N) is 5. The molecule has 2 heterocycles. The Hall–Kier alpha value is -2.28. The maximum absolute atomic E-state index is 9.47.